The van der Waals surface area contributed by atoms with Gasteiger partial charge in [-0.25, -0.2) is 9.79 Å². The van der Waals surface area contributed by atoms with Crippen LogP contribution in [0.2, 0.25) is 0 Å². The van der Waals surface area contributed by atoms with E-state index >= 15 is 0 Å². The summed E-state index contributed by atoms with van der Waals surface area (Å²) >= 11 is 0. The normalized spacial score (nSPS) is 20.1. The summed E-state index contributed by atoms with van der Waals surface area (Å²) in [5.74, 6) is -0.155. The van der Waals surface area contributed by atoms with Crippen LogP contribution in [0.15, 0.2) is 20.0 Å². The molecule has 2 heterocycles. The first-order valence-electron chi connectivity index (χ1n) is 3.29. The molecule has 0 saturated carbocycles. The van der Waals surface area contributed by atoms with Crippen LogP contribution in [-0.4, -0.2) is 41.9 Å². The highest BCUT2D eigenvalue weighted by atomic mass is 32.2. The van der Waals surface area contributed by atoms with Crippen molar-refractivity contribution in [2.45, 2.75) is 0 Å². The van der Waals surface area contributed by atoms with Crippen LogP contribution in [0, 0.1) is 0 Å². The largest absolute Gasteiger partial charge is 0.369 e. The zero-order valence-corrected chi connectivity index (χ0v) is 7.26. The molecule has 0 spiro atoms. The maximum Gasteiger partial charge on any atom is 0.369 e. The summed E-state index contributed by atoms with van der Waals surface area (Å²) in [4.78, 5) is 23.9. The number of carbonyl (C=O) groups excluding carboxylic acids is 1. The quantitative estimate of drug-likeness (QED) is 0.535. The first-order chi connectivity index (χ1) is 6.47. The van der Waals surface area contributed by atoms with Gasteiger partial charge in [-0.1, -0.05) is 0 Å². The molecule has 8 nitrogen and oxygen atoms in total. The lowest BCUT2D eigenvalue weighted by Crippen LogP contribution is -2.16. The van der Waals surface area contributed by atoms with Crippen molar-refractivity contribution in [3.05, 3.63) is 0 Å². The Bertz CT molecular complexity index is 535. The predicted molar refractivity (Wildman–Crippen MR) is 47.7 cm³/mol. The second-order valence-corrected chi connectivity index (χ2v) is 3.66. The van der Waals surface area contributed by atoms with Crippen LogP contribution in [0.3, 0.4) is 0 Å². The van der Waals surface area contributed by atoms with Crippen molar-refractivity contribution in [1.82, 2.24) is 0 Å². The Balaban J connectivity index is 2.53. The molecule has 0 aromatic heterocycles. The van der Waals surface area contributed by atoms with Crippen LogP contribution in [0.1, 0.15) is 0 Å². The Hall–Kier alpha value is -1.74. The minimum Gasteiger partial charge on any atom is -0.279 e. The fraction of sp³-hybridized carbons (Fsp3) is 0. The van der Waals surface area contributed by atoms with Crippen molar-refractivity contribution in [2.24, 2.45) is 20.0 Å². The predicted octanol–water partition coefficient (Wildman–Crippen LogP) is -0.712. The molecular weight excluding hydrogens is 212 g/mol. The second kappa shape index (κ2) is 2.62. The van der Waals surface area contributed by atoms with Gasteiger partial charge in [-0.2, -0.15) is 23.4 Å². The summed E-state index contributed by atoms with van der Waals surface area (Å²) in [7, 11) is -4.47. The summed E-state index contributed by atoms with van der Waals surface area (Å²) < 4.78 is 29.8. The highest BCUT2D eigenvalue weighted by Gasteiger charge is 2.27. The van der Waals surface area contributed by atoms with Crippen LogP contribution >= 0.6 is 0 Å². The van der Waals surface area contributed by atoms with Crippen molar-refractivity contribution in [1.29, 1.82) is 0 Å². The van der Waals surface area contributed by atoms with E-state index in [4.69, 9.17) is 4.55 Å². The average molecular weight is 214 g/mol. The first kappa shape index (κ1) is 8.84. The summed E-state index contributed by atoms with van der Waals surface area (Å²) in [5, 5.41) is -0.785. The van der Waals surface area contributed by atoms with E-state index in [2.05, 4.69) is 20.0 Å². The zero-order valence-electron chi connectivity index (χ0n) is 6.45. The van der Waals surface area contributed by atoms with E-state index in [0.29, 0.717) is 0 Å². The molecule has 1 N–H and O–H groups in total. The van der Waals surface area contributed by atoms with E-state index in [0.717, 1.165) is 6.21 Å². The number of aliphatic imine (C=N–C) groups is 4. The lowest BCUT2D eigenvalue weighted by molar-refractivity contribution is 0.257. The molecule has 0 aromatic carbocycles. The number of carbonyl (C=O) groups is 1. The van der Waals surface area contributed by atoms with E-state index in [-0.39, 0.29) is 11.5 Å². The number of hydrogen-bond donors (Lipinski definition) is 1. The van der Waals surface area contributed by atoms with Crippen LogP contribution < -0.4 is 0 Å². The number of nitrogens with zero attached hydrogens (tertiary/aromatic N) is 4. The summed E-state index contributed by atoms with van der Waals surface area (Å²) in [6.45, 7) is 0. The zero-order chi connectivity index (χ0) is 10.3. The van der Waals surface area contributed by atoms with Gasteiger partial charge in [0.15, 0.2) is 5.84 Å². The Morgan fingerprint density at radius 3 is 2.57 bits per heavy atom. The van der Waals surface area contributed by atoms with Gasteiger partial charge in [0.2, 0.25) is 0 Å². The summed E-state index contributed by atoms with van der Waals surface area (Å²) in [6, 6.07) is -0.792. The third-order valence-corrected chi connectivity index (χ3v) is 2.02. The lowest BCUT2D eigenvalue weighted by Gasteiger charge is -1.95. The molecule has 2 aliphatic rings. The third kappa shape index (κ3) is 1.38. The minimum atomic E-state index is -4.47. The molecule has 0 saturated heterocycles. The van der Waals surface area contributed by atoms with E-state index in [1.54, 1.807) is 0 Å². The molecule has 14 heavy (non-hydrogen) atoms. The number of hydrogen-bond acceptors (Lipinski definition) is 5. The molecule has 0 fully saturated rings. The van der Waals surface area contributed by atoms with E-state index in [1.807, 2.05) is 0 Å². The van der Waals surface area contributed by atoms with E-state index in [1.165, 1.54) is 0 Å². The molecule has 0 aromatic rings. The van der Waals surface area contributed by atoms with Gasteiger partial charge in [-0.3, -0.25) is 4.55 Å². The Kier molecular flexibility index (Phi) is 1.66. The summed E-state index contributed by atoms with van der Waals surface area (Å²) in [5.41, 5.74) is 0.0391. The van der Waals surface area contributed by atoms with E-state index < -0.39 is 21.3 Å². The molecule has 9 heteroatoms. The fourth-order valence-electron chi connectivity index (χ4n) is 0.846. The van der Waals surface area contributed by atoms with Crippen molar-refractivity contribution in [3.8, 4) is 0 Å². The summed E-state index contributed by atoms with van der Waals surface area (Å²) in [6.07, 6.45) is 1.03. The van der Waals surface area contributed by atoms with Gasteiger partial charge >= 0.3 is 16.1 Å². The monoisotopic (exact) mass is 214 g/mol. The molecule has 0 bridgehead atoms. The number of rotatable bonds is 0. The highest BCUT2D eigenvalue weighted by Crippen LogP contribution is 2.07. The number of amides is 2. The fourth-order valence-corrected chi connectivity index (χ4v) is 1.26. The van der Waals surface area contributed by atoms with Crippen LogP contribution in [0.25, 0.3) is 0 Å². The topological polar surface area (TPSA) is 121 Å². The minimum absolute atomic E-state index is 0.0391. The third-order valence-electron chi connectivity index (χ3n) is 1.38. The maximum atomic E-state index is 10.6. The lowest BCUT2D eigenvalue weighted by atomic mass is 10.3. The van der Waals surface area contributed by atoms with Crippen molar-refractivity contribution < 1.29 is 17.8 Å². The van der Waals surface area contributed by atoms with Gasteiger partial charge in [0, 0.05) is 0 Å². The first-order valence-corrected chi connectivity index (χ1v) is 4.73. The number of amidine groups is 2. The van der Waals surface area contributed by atoms with Gasteiger partial charge in [0.05, 0.1) is 6.21 Å². The Morgan fingerprint density at radius 1 is 1.21 bits per heavy atom. The van der Waals surface area contributed by atoms with Crippen LogP contribution in [0.5, 0.6) is 0 Å². The maximum absolute atomic E-state index is 10.6. The SMILES string of the molecule is O=C1N=CC2=NC(S(=O)(=O)O)=NC2=N1. The standard InChI is InChI=1S/C5H2N4O4S/c10-4-6-1-2-3(8-4)9-5(7-2)14(11,12)13/h1H,(H,11,12,13). The van der Waals surface area contributed by atoms with E-state index in [9.17, 15) is 13.2 Å². The van der Waals surface area contributed by atoms with Crippen LogP contribution in [-0.2, 0) is 10.1 Å². The van der Waals surface area contributed by atoms with Gasteiger partial charge in [0.25, 0.3) is 5.17 Å². The second-order valence-electron chi connectivity index (χ2n) is 2.34. The molecule has 2 aliphatic heterocycles. The van der Waals surface area contributed by atoms with Gasteiger partial charge in [-0.15, -0.1) is 0 Å². The molecule has 0 radical (unpaired) electrons. The molecule has 2 amide bonds. The molecule has 72 valence electrons. The van der Waals surface area contributed by atoms with Gasteiger partial charge in [-0.05, 0) is 0 Å². The van der Waals surface area contributed by atoms with Crippen molar-refractivity contribution >= 4 is 39.1 Å². The Labute approximate surface area is 77.6 Å². The molecule has 0 aliphatic carbocycles. The molecular formula is C5H2N4O4S. The Morgan fingerprint density at radius 2 is 1.93 bits per heavy atom. The van der Waals surface area contributed by atoms with Gasteiger partial charge < -0.3 is 0 Å². The average Bonchev–Trinajstić information content (AvgIpc) is 2.45. The van der Waals surface area contributed by atoms with Crippen LogP contribution in [0.4, 0.5) is 4.79 Å². The van der Waals surface area contributed by atoms with Crippen molar-refractivity contribution in [2.75, 3.05) is 0 Å². The molecule has 0 unspecified atom stereocenters. The molecule has 0 atom stereocenters. The molecule has 2 rings (SSSR count). The van der Waals surface area contributed by atoms with Gasteiger partial charge in [0.1, 0.15) is 5.71 Å². The highest BCUT2D eigenvalue weighted by molar-refractivity contribution is 8.01. The van der Waals surface area contributed by atoms with Crippen molar-refractivity contribution in [3.63, 3.8) is 0 Å². The number of urea groups is 1. The smallest absolute Gasteiger partial charge is 0.279 e. The number of fused-ring (bicyclic) bond motifs is 1.